The van der Waals surface area contributed by atoms with Crippen LogP contribution in [0.3, 0.4) is 0 Å². The highest BCUT2D eigenvalue weighted by Gasteiger charge is 2.38. The highest BCUT2D eigenvalue weighted by molar-refractivity contribution is 4.80. The largest absolute Gasteiger partial charge is 0.387 e. The van der Waals surface area contributed by atoms with Crippen molar-refractivity contribution in [3.8, 4) is 0 Å². The molecule has 0 amide bonds. The van der Waals surface area contributed by atoms with Crippen LogP contribution in [0.25, 0.3) is 0 Å². The zero-order valence-electron chi connectivity index (χ0n) is 7.58. The third-order valence-electron chi connectivity index (χ3n) is 1.88. The summed E-state index contributed by atoms with van der Waals surface area (Å²) in [5.74, 6) is -0.694. The number of aliphatic hydroxyl groups is 1. The number of ether oxygens (including phenoxy) is 2. The van der Waals surface area contributed by atoms with E-state index in [2.05, 4.69) is 0 Å². The van der Waals surface area contributed by atoms with Gasteiger partial charge in [0.2, 0.25) is 0 Å². The number of hydrogen-bond acceptors (Lipinski definition) is 3. The molecular weight excluding hydrogens is 163 g/mol. The topological polar surface area (TPSA) is 38.7 Å². The Labute approximate surface area is 71.5 Å². The van der Waals surface area contributed by atoms with Gasteiger partial charge in [0.25, 0.3) is 0 Å². The molecule has 1 fully saturated rings. The fraction of sp³-hybridized carbons (Fsp3) is 1.00. The van der Waals surface area contributed by atoms with Crippen molar-refractivity contribution in [3.63, 3.8) is 0 Å². The molecule has 1 N–H and O–H groups in total. The third kappa shape index (κ3) is 2.15. The number of halogens is 1. The van der Waals surface area contributed by atoms with Crippen molar-refractivity contribution in [2.45, 2.75) is 44.9 Å². The summed E-state index contributed by atoms with van der Waals surface area (Å²) < 4.78 is 23.0. The van der Waals surface area contributed by atoms with Gasteiger partial charge in [0.1, 0.15) is 18.4 Å². The van der Waals surface area contributed by atoms with E-state index in [1.165, 1.54) is 6.92 Å². The zero-order chi connectivity index (χ0) is 9.35. The van der Waals surface area contributed by atoms with Gasteiger partial charge in [-0.05, 0) is 20.8 Å². The summed E-state index contributed by atoms with van der Waals surface area (Å²) in [4.78, 5) is 0. The summed E-state index contributed by atoms with van der Waals surface area (Å²) in [6, 6.07) is 0. The van der Waals surface area contributed by atoms with Crippen LogP contribution in [-0.4, -0.2) is 35.9 Å². The van der Waals surface area contributed by atoms with Gasteiger partial charge in [-0.2, -0.15) is 0 Å². The maximum atomic E-state index is 12.6. The molecule has 3 nitrogen and oxygen atoms in total. The molecule has 0 saturated carbocycles. The first-order valence-electron chi connectivity index (χ1n) is 4.06. The van der Waals surface area contributed by atoms with Crippen LogP contribution in [0.5, 0.6) is 0 Å². The zero-order valence-corrected chi connectivity index (χ0v) is 7.58. The van der Waals surface area contributed by atoms with Gasteiger partial charge in [-0.3, -0.25) is 0 Å². The predicted octanol–water partition coefficient (Wildman–Crippen LogP) is 0.857. The van der Waals surface area contributed by atoms with E-state index in [0.29, 0.717) is 0 Å². The standard InChI is InChI=1S/C8H15FO3/c1-5(9)7(10)6-4-11-8(2,3)12-6/h5-7,10H,4H2,1-3H3. The lowest BCUT2D eigenvalue weighted by Crippen LogP contribution is -2.36. The molecule has 0 aliphatic carbocycles. The normalized spacial score (nSPS) is 33.2. The van der Waals surface area contributed by atoms with Crippen LogP contribution in [-0.2, 0) is 9.47 Å². The van der Waals surface area contributed by atoms with E-state index in [0.717, 1.165) is 0 Å². The summed E-state index contributed by atoms with van der Waals surface area (Å²) >= 11 is 0. The lowest BCUT2D eigenvalue weighted by molar-refractivity contribution is -0.155. The highest BCUT2D eigenvalue weighted by Crippen LogP contribution is 2.25. The summed E-state index contributed by atoms with van der Waals surface area (Å²) in [7, 11) is 0. The van der Waals surface area contributed by atoms with E-state index in [1.54, 1.807) is 13.8 Å². The molecule has 1 aliphatic heterocycles. The summed E-state index contributed by atoms with van der Waals surface area (Å²) in [6.07, 6.45) is -2.92. The SMILES string of the molecule is CC(F)C(O)C1COC(C)(C)O1. The van der Waals surface area contributed by atoms with E-state index in [9.17, 15) is 9.50 Å². The second-order valence-electron chi connectivity index (χ2n) is 3.54. The Kier molecular flexibility index (Phi) is 2.70. The average molecular weight is 178 g/mol. The molecule has 3 unspecified atom stereocenters. The number of hydrogen-bond donors (Lipinski definition) is 1. The van der Waals surface area contributed by atoms with Gasteiger partial charge in [-0.15, -0.1) is 0 Å². The Balaban J connectivity index is 2.47. The van der Waals surface area contributed by atoms with Crippen LogP contribution in [0.15, 0.2) is 0 Å². The second kappa shape index (κ2) is 3.28. The van der Waals surface area contributed by atoms with Crippen molar-refractivity contribution in [3.05, 3.63) is 0 Å². The van der Waals surface area contributed by atoms with E-state index in [-0.39, 0.29) is 6.61 Å². The van der Waals surface area contributed by atoms with Gasteiger partial charge in [0.15, 0.2) is 5.79 Å². The van der Waals surface area contributed by atoms with E-state index in [4.69, 9.17) is 9.47 Å². The van der Waals surface area contributed by atoms with E-state index < -0.39 is 24.2 Å². The molecule has 0 radical (unpaired) electrons. The molecule has 0 aromatic carbocycles. The quantitative estimate of drug-likeness (QED) is 0.681. The smallest absolute Gasteiger partial charge is 0.163 e. The fourth-order valence-electron chi connectivity index (χ4n) is 1.18. The molecule has 1 heterocycles. The molecule has 0 aromatic rings. The molecule has 0 bridgehead atoms. The first-order valence-corrected chi connectivity index (χ1v) is 4.06. The predicted molar refractivity (Wildman–Crippen MR) is 41.5 cm³/mol. The maximum absolute atomic E-state index is 12.6. The Hall–Kier alpha value is -0.190. The van der Waals surface area contributed by atoms with Gasteiger partial charge >= 0.3 is 0 Å². The molecule has 72 valence electrons. The molecule has 12 heavy (non-hydrogen) atoms. The first kappa shape index (κ1) is 9.89. The fourth-order valence-corrected chi connectivity index (χ4v) is 1.18. The van der Waals surface area contributed by atoms with Crippen LogP contribution in [0.4, 0.5) is 4.39 Å². The van der Waals surface area contributed by atoms with Crippen LogP contribution < -0.4 is 0 Å². The number of aliphatic hydroxyl groups excluding tert-OH is 1. The Morgan fingerprint density at radius 3 is 2.50 bits per heavy atom. The summed E-state index contributed by atoms with van der Waals surface area (Å²) in [5, 5.41) is 9.28. The van der Waals surface area contributed by atoms with Crippen LogP contribution in [0.1, 0.15) is 20.8 Å². The van der Waals surface area contributed by atoms with E-state index >= 15 is 0 Å². The highest BCUT2D eigenvalue weighted by atomic mass is 19.1. The summed E-state index contributed by atoms with van der Waals surface area (Å²) in [6.45, 7) is 5.03. The molecule has 3 atom stereocenters. The van der Waals surface area contributed by atoms with Crippen LogP contribution in [0.2, 0.25) is 0 Å². The van der Waals surface area contributed by atoms with Gasteiger partial charge in [0.05, 0.1) is 6.61 Å². The average Bonchev–Trinajstić information content (AvgIpc) is 2.28. The molecule has 0 aromatic heterocycles. The molecule has 1 aliphatic rings. The lowest BCUT2D eigenvalue weighted by atomic mass is 10.1. The monoisotopic (exact) mass is 178 g/mol. The van der Waals surface area contributed by atoms with Crippen molar-refractivity contribution >= 4 is 0 Å². The Bertz CT molecular complexity index is 158. The molecular formula is C8H15FO3. The van der Waals surface area contributed by atoms with Crippen molar-refractivity contribution in [2.24, 2.45) is 0 Å². The van der Waals surface area contributed by atoms with Gasteiger partial charge in [-0.25, -0.2) is 4.39 Å². The number of rotatable bonds is 2. The second-order valence-corrected chi connectivity index (χ2v) is 3.54. The van der Waals surface area contributed by atoms with Crippen molar-refractivity contribution in [1.29, 1.82) is 0 Å². The Morgan fingerprint density at radius 2 is 2.17 bits per heavy atom. The number of alkyl halides is 1. The van der Waals surface area contributed by atoms with Gasteiger partial charge < -0.3 is 14.6 Å². The molecule has 0 spiro atoms. The lowest BCUT2D eigenvalue weighted by Gasteiger charge is -2.20. The van der Waals surface area contributed by atoms with Gasteiger partial charge in [0, 0.05) is 0 Å². The van der Waals surface area contributed by atoms with Gasteiger partial charge in [-0.1, -0.05) is 0 Å². The maximum Gasteiger partial charge on any atom is 0.163 e. The van der Waals surface area contributed by atoms with Crippen molar-refractivity contribution in [2.75, 3.05) is 6.61 Å². The third-order valence-corrected chi connectivity index (χ3v) is 1.88. The van der Waals surface area contributed by atoms with Crippen molar-refractivity contribution in [1.82, 2.24) is 0 Å². The minimum Gasteiger partial charge on any atom is -0.387 e. The van der Waals surface area contributed by atoms with Crippen LogP contribution in [0, 0.1) is 0 Å². The summed E-state index contributed by atoms with van der Waals surface area (Å²) in [5.41, 5.74) is 0. The Morgan fingerprint density at radius 1 is 1.58 bits per heavy atom. The van der Waals surface area contributed by atoms with E-state index in [1.807, 2.05) is 0 Å². The van der Waals surface area contributed by atoms with Crippen LogP contribution >= 0.6 is 0 Å². The first-order chi connectivity index (χ1) is 5.42. The molecule has 4 heteroatoms. The minimum atomic E-state index is -1.28. The van der Waals surface area contributed by atoms with Crippen molar-refractivity contribution < 1.29 is 19.0 Å². The molecule has 1 rings (SSSR count). The minimum absolute atomic E-state index is 0.252. The molecule has 1 saturated heterocycles.